The Morgan fingerprint density at radius 3 is 2.79 bits per heavy atom. The Morgan fingerprint density at radius 1 is 1.42 bits per heavy atom. The number of nitrogens with zero attached hydrogens (tertiary/aromatic N) is 2. The van der Waals surface area contributed by atoms with E-state index in [1.165, 1.54) is 0 Å². The van der Waals surface area contributed by atoms with Crippen LogP contribution in [0.5, 0.6) is 0 Å². The molecule has 0 unspecified atom stereocenters. The van der Waals surface area contributed by atoms with Crippen molar-refractivity contribution in [3.8, 4) is 0 Å². The highest BCUT2D eigenvalue weighted by Gasteiger charge is 2.48. The molecule has 1 saturated carbocycles. The van der Waals surface area contributed by atoms with Crippen LogP contribution >= 0.6 is 11.3 Å². The molecular formula is C13H17N3O2S. The van der Waals surface area contributed by atoms with Crippen LogP contribution in [0, 0.1) is 6.92 Å². The molecule has 2 heterocycles. The first-order valence-corrected chi connectivity index (χ1v) is 7.48. The SMILES string of the molecule is Cc1nc(CN2CC(=O)NC3(CCCC3)C2=O)cs1. The van der Waals surface area contributed by atoms with Crippen molar-refractivity contribution < 1.29 is 9.59 Å². The third kappa shape index (κ3) is 2.25. The molecule has 3 rings (SSSR count). The van der Waals surface area contributed by atoms with E-state index in [4.69, 9.17) is 0 Å². The van der Waals surface area contributed by atoms with Crippen LogP contribution in [-0.4, -0.2) is 33.8 Å². The van der Waals surface area contributed by atoms with Crippen LogP contribution in [0.3, 0.4) is 0 Å². The van der Waals surface area contributed by atoms with Gasteiger partial charge in [0, 0.05) is 5.38 Å². The molecule has 1 aliphatic heterocycles. The average molecular weight is 279 g/mol. The molecule has 5 nitrogen and oxygen atoms in total. The summed E-state index contributed by atoms with van der Waals surface area (Å²) in [5.41, 5.74) is 0.249. The predicted molar refractivity (Wildman–Crippen MR) is 71.6 cm³/mol. The normalized spacial score (nSPS) is 22.1. The van der Waals surface area contributed by atoms with Crippen molar-refractivity contribution in [2.75, 3.05) is 6.54 Å². The van der Waals surface area contributed by atoms with Crippen molar-refractivity contribution in [3.63, 3.8) is 0 Å². The van der Waals surface area contributed by atoms with E-state index in [9.17, 15) is 9.59 Å². The van der Waals surface area contributed by atoms with E-state index in [0.717, 1.165) is 36.4 Å². The lowest BCUT2D eigenvalue weighted by atomic mass is 9.93. The van der Waals surface area contributed by atoms with Crippen LogP contribution in [0.4, 0.5) is 0 Å². The number of carbonyl (C=O) groups excluding carboxylic acids is 2. The van der Waals surface area contributed by atoms with Gasteiger partial charge in [-0.2, -0.15) is 0 Å². The summed E-state index contributed by atoms with van der Waals surface area (Å²) < 4.78 is 0. The average Bonchev–Trinajstić information content (AvgIpc) is 2.96. The smallest absolute Gasteiger partial charge is 0.249 e. The van der Waals surface area contributed by atoms with E-state index >= 15 is 0 Å². The maximum Gasteiger partial charge on any atom is 0.249 e. The van der Waals surface area contributed by atoms with Gasteiger partial charge in [0.25, 0.3) is 0 Å². The second-order valence-corrected chi connectivity index (χ2v) is 6.42. The molecule has 0 bridgehead atoms. The molecule has 0 aromatic carbocycles. The maximum atomic E-state index is 12.6. The van der Waals surface area contributed by atoms with Crippen LogP contribution in [0.15, 0.2) is 5.38 Å². The Bertz CT molecular complexity index is 520. The maximum absolute atomic E-state index is 12.6. The van der Waals surface area contributed by atoms with Gasteiger partial charge >= 0.3 is 0 Å². The third-order valence-electron chi connectivity index (χ3n) is 3.89. The van der Waals surface area contributed by atoms with E-state index in [-0.39, 0.29) is 18.4 Å². The fourth-order valence-corrected chi connectivity index (χ4v) is 3.63. The fourth-order valence-electron chi connectivity index (χ4n) is 3.03. The summed E-state index contributed by atoms with van der Waals surface area (Å²) in [5.74, 6) is 0.0173. The first-order valence-electron chi connectivity index (χ1n) is 6.60. The number of rotatable bonds is 2. The Kier molecular flexibility index (Phi) is 3.05. The minimum atomic E-state index is -0.625. The number of hydrogen-bond acceptors (Lipinski definition) is 4. The standard InChI is InChI=1S/C13H17N3O2S/c1-9-14-10(8-19-9)6-16-7-11(17)15-13(12(16)18)4-2-3-5-13/h8H,2-7H2,1H3,(H,15,17). The van der Waals surface area contributed by atoms with Gasteiger partial charge in [-0.1, -0.05) is 12.8 Å². The van der Waals surface area contributed by atoms with Gasteiger partial charge in [0.05, 0.1) is 17.2 Å². The number of nitrogens with one attached hydrogen (secondary N) is 1. The van der Waals surface area contributed by atoms with Crippen molar-refractivity contribution in [1.29, 1.82) is 0 Å². The number of aromatic nitrogens is 1. The van der Waals surface area contributed by atoms with E-state index in [1.54, 1.807) is 16.2 Å². The fraction of sp³-hybridized carbons (Fsp3) is 0.615. The largest absolute Gasteiger partial charge is 0.340 e. The number of carbonyl (C=O) groups is 2. The quantitative estimate of drug-likeness (QED) is 0.885. The van der Waals surface area contributed by atoms with Gasteiger partial charge < -0.3 is 10.2 Å². The number of amides is 2. The summed E-state index contributed by atoms with van der Waals surface area (Å²) in [6.45, 7) is 2.53. The Morgan fingerprint density at radius 2 is 2.16 bits per heavy atom. The van der Waals surface area contributed by atoms with E-state index in [1.807, 2.05) is 12.3 Å². The van der Waals surface area contributed by atoms with Crippen LogP contribution in [0.25, 0.3) is 0 Å². The summed E-state index contributed by atoms with van der Waals surface area (Å²) in [6, 6.07) is 0. The monoisotopic (exact) mass is 279 g/mol. The van der Waals surface area contributed by atoms with Gasteiger partial charge in [-0.3, -0.25) is 9.59 Å². The molecule has 0 atom stereocenters. The molecule has 2 amide bonds. The molecule has 1 saturated heterocycles. The molecule has 6 heteroatoms. The molecule has 102 valence electrons. The molecule has 2 aliphatic rings. The summed E-state index contributed by atoms with van der Waals surface area (Å²) in [7, 11) is 0. The number of aryl methyl sites for hydroxylation is 1. The lowest BCUT2D eigenvalue weighted by Crippen LogP contribution is -2.65. The number of thiazole rings is 1. The van der Waals surface area contributed by atoms with E-state index in [0.29, 0.717) is 6.54 Å². The van der Waals surface area contributed by atoms with Gasteiger partial charge in [0.1, 0.15) is 12.1 Å². The zero-order valence-electron chi connectivity index (χ0n) is 10.9. The molecule has 2 fully saturated rings. The number of hydrogen-bond donors (Lipinski definition) is 1. The van der Waals surface area contributed by atoms with Gasteiger partial charge in [-0.05, 0) is 19.8 Å². The Balaban J connectivity index is 1.80. The van der Waals surface area contributed by atoms with Crippen molar-refractivity contribution in [3.05, 3.63) is 16.1 Å². The van der Waals surface area contributed by atoms with Crippen molar-refractivity contribution in [2.24, 2.45) is 0 Å². The highest BCUT2D eigenvalue weighted by atomic mass is 32.1. The molecule has 1 N–H and O–H groups in total. The lowest BCUT2D eigenvalue weighted by Gasteiger charge is -2.39. The zero-order chi connectivity index (χ0) is 13.5. The highest BCUT2D eigenvalue weighted by Crippen LogP contribution is 2.33. The molecule has 0 radical (unpaired) electrons. The molecule has 1 aromatic rings. The van der Waals surface area contributed by atoms with Crippen LogP contribution in [-0.2, 0) is 16.1 Å². The second kappa shape index (κ2) is 4.59. The minimum absolute atomic E-state index is 0.0477. The minimum Gasteiger partial charge on any atom is -0.340 e. The molecular weight excluding hydrogens is 262 g/mol. The van der Waals surface area contributed by atoms with Gasteiger partial charge in [0.15, 0.2) is 0 Å². The first-order chi connectivity index (χ1) is 9.09. The summed E-state index contributed by atoms with van der Waals surface area (Å²) >= 11 is 1.57. The summed E-state index contributed by atoms with van der Waals surface area (Å²) in [5, 5.41) is 5.85. The summed E-state index contributed by atoms with van der Waals surface area (Å²) in [6.07, 6.45) is 3.56. The molecule has 1 aromatic heterocycles. The van der Waals surface area contributed by atoms with E-state index in [2.05, 4.69) is 10.3 Å². The van der Waals surface area contributed by atoms with Gasteiger partial charge in [0.2, 0.25) is 11.8 Å². The van der Waals surface area contributed by atoms with Gasteiger partial charge in [-0.15, -0.1) is 11.3 Å². The highest BCUT2D eigenvalue weighted by molar-refractivity contribution is 7.09. The van der Waals surface area contributed by atoms with Crippen LogP contribution < -0.4 is 5.32 Å². The Labute approximate surface area is 116 Å². The van der Waals surface area contributed by atoms with Crippen LogP contribution in [0.2, 0.25) is 0 Å². The van der Waals surface area contributed by atoms with Crippen molar-refractivity contribution in [1.82, 2.24) is 15.2 Å². The summed E-state index contributed by atoms with van der Waals surface area (Å²) in [4.78, 5) is 30.5. The lowest BCUT2D eigenvalue weighted by molar-refractivity contribution is -0.150. The van der Waals surface area contributed by atoms with Gasteiger partial charge in [-0.25, -0.2) is 4.98 Å². The predicted octanol–water partition coefficient (Wildman–Crippen LogP) is 1.22. The third-order valence-corrected chi connectivity index (χ3v) is 4.71. The molecule has 19 heavy (non-hydrogen) atoms. The second-order valence-electron chi connectivity index (χ2n) is 5.36. The number of piperazine rings is 1. The molecule has 1 aliphatic carbocycles. The van der Waals surface area contributed by atoms with Crippen molar-refractivity contribution in [2.45, 2.75) is 44.7 Å². The van der Waals surface area contributed by atoms with Crippen LogP contribution in [0.1, 0.15) is 36.4 Å². The Hall–Kier alpha value is -1.43. The topological polar surface area (TPSA) is 62.3 Å². The molecule has 1 spiro atoms. The van der Waals surface area contributed by atoms with Crippen molar-refractivity contribution >= 4 is 23.2 Å². The first kappa shape index (κ1) is 12.6. The zero-order valence-corrected chi connectivity index (χ0v) is 11.8. The van der Waals surface area contributed by atoms with E-state index < -0.39 is 5.54 Å².